The molecule has 0 amide bonds. The van der Waals surface area contributed by atoms with E-state index in [1.165, 1.54) is 32.1 Å². The van der Waals surface area contributed by atoms with Crippen LogP contribution in [0.2, 0.25) is 0 Å². The molecule has 1 aromatic carbocycles. The molecule has 2 aliphatic rings. The first-order valence-electron chi connectivity index (χ1n) is 12.1. The number of aliphatic hydroxyl groups is 1. The van der Waals surface area contributed by atoms with Gasteiger partial charge in [-0.3, -0.25) is 9.78 Å². The molecule has 2 N–H and O–H groups in total. The Balaban J connectivity index is 1.36. The standard InChI is InChI=1S/C26H36N2O4/c1-32-20-7-8-24-22(16-20)21(10-13-27-24)25(29)9-6-19-12-15-28(17-23(19)26(30)31)14-11-18-4-2-3-5-18/h7-8,10,13,16,18-19,23,25,29H,2-6,9,11-12,14-15,17H2,1H3,(H,30,31)/t19-,23+,25+/m1/s1. The van der Waals surface area contributed by atoms with E-state index in [9.17, 15) is 15.0 Å². The molecular weight excluding hydrogens is 404 g/mol. The van der Waals surface area contributed by atoms with Crippen LogP contribution < -0.4 is 4.74 Å². The third-order valence-corrected chi connectivity index (χ3v) is 7.64. The summed E-state index contributed by atoms with van der Waals surface area (Å²) in [6.45, 7) is 2.62. The fourth-order valence-electron chi connectivity index (χ4n) is 5.65. The van der Waals surface area contributed by atoms with E-state index < -0.39 is 12.1 Å². The van der Waals surface area contributed by atoms with Gasteiger partial charge in [-0.2, -0.15) is 0 Å². The number of hydrogen-bond acceptors (Lipinski definition) is 5. The summed E-state index contributed by atoms with van der Waals surface area (Å²) in [7, 11) is 1.62. The number of carboxylic acids is 1. The van der Waals surface area contributed by atoms with E-state index in [1.54, 1.807) is 13.3 Å². The van der Waals surface area contributed by atoms with Crippen molar-refractivity contribution in [1.82, 2.24) is 9.88 Å². The van der Waals surface area contributed by atoms with Crippen LogP contribution in [0.3, 0.4) is 0 Å². The molecule has 1 saturated carbocycles. The number of hydrogen-bond donors (Lipinski definition) is 2. The lowest BCUT2D eigenvalue weighted by Gasteiger charge is -2.37. The lowest BCUT2D eigenvalue weighted by Crippen LogP contribution is -2.44. The van der Waals surface area contributed by atoms with Crippen molar-refractivity contribution in [3.05, 3.63) is 36.0 Å². The average Bonchev–Trinajstić information content (AvgIpc) is 3.34. The molecule has 32 heavy (non-hydrogen) atoms. The molecule has 6 nitrogen and oxygen atoms in total. The maximum Gasteiger partial charge on any atom is 0.308 e. The van der Waals surface area contributed by atoms with Gasteiger partial charge in [0.25, 0.3) is 0 Å². The molecule has 6 heteroatoms. The van der Waals surface area contributed by atoms with Crippen molar-refractivity contribution >= 4 is 16.9 Å². The van der Waals surface area contributed by atoms with Crippen LogP contribution in [-0.4, -0.2) is 52.8 Å². The monoisotopic (exact) mass is 440 g/mol. The van der Waals surface area contributed by atoms with Crippen LogP contribution >= 0.6 is 0 Å². The lowest BCUT2D eigenvalue weighted by atomic mass is 9.81. The van der Waals surface area contributed by atoms with Gasteiger partial charge in [0.15, 0.2) is 0 Å². The summed E-state index contributed by atoms with van der Waals surface area (Å²) in [5, 5.41) is 21.7. The number of piperidine rings is 1. The summed E-state index contributed by atoms with van der Waals surface area (Å²) in [5.74, 6) is 0.616. The van der Waals surface area contributed by atoms with Crippen molar-refractivity contribution in [2.24, 2.45) is 17.8 Å². The van der Waals surface area contributed by atoms with Crippen molar-refractivity contribution in [2.45, 2.75) is 57.5 Å². The highest BCUT2D eigenvalue weighted by Gasteiger charge is 2.34. The first kappa shape index (κ1) is 23.0. The zero-order valence-corrected chi connectivity index (χ0v) is 19.1. The van der Waals surface area contributed by atoms with Gasteiger partial charge in [-0.15, -0.1) is 0 Å². The average molecular weight is 441 g/mol. The fourth-order valence-corrected chi connectivity index (χ4v) is 5.65. The minimum atomic E-state index is -0.700. The molecule has 4 rings (SSSR count). The summed E-state index contributed by atoms with van der Waals surface area (Å²) in [6, 6.07) is 7.52. The van der Waals surface area contributed by atoms with Crippen molar-refractivity contribution in [3.8, 4) is 5.75 Å². The zero-order chi connectivity index (χ0) is 22.5. The quantitative estimate of drug-likeness (QED) is 0.590. The Bertz CT molecular complexity index is 912. The number of methoxy groups -OCH3 is 1. The first-order valence-corrected chi connectivity index (χ1v) is 12.1. The fraction of sp³-hybridized carbons (Fsp3) is 0.615. The molecule has 1 aliphatic carbocycles. The topological polar surface area (TPSA) is 82.9 Å². The van der Waals surface area contributed by atoms with Gasteiger partial charge in [-0.05, 0) is 80.4 Å². The van der Waals surface area contributed by atoms with Gasteiger partial charge in [0, 0.05) is 18.1 Å². The Morgan fingerprint density at radius 1 is 1.22 bits per heavy atom. The Kier molecular flexibility index (Phi) is 7.63. The highest BCUT2D eigenvalue weighted by molar-refractivity contribution is 5.83. The second-order valence-electron chi connectivity index (χ2n) is 9.61. The molecule has 0 bridgehead atoms. The highest BCUT2D eigenvalue weighted by Crippen LogP contribution is 2.34. The number of pyridine rings is 1. The molecule has 0 unspecified atom stereocenters. The molecule has 3 atom stereocenters. The van der Waals surface area contributed by atoms with Gasteiger partial charge in [0.2, 0.25) is 0 Å². The molecule has 0 radical (unpaired) electrons. The lowest BCUT2D eigenvalue weighted by molar-refractivity contribution is -0.146. The summed E-state index contributed by atoms with van der Waals surface area (Å²) in [5.41, 5.74) is 1.65. The van der Waals surface area contributed by atoms with Gasteiger partial charge >= 0.3 is 5.97 Å². The SMILES string of the molecule is COc1ccc2nccc([C@@H](O)CC[C@@H]3CCN(CCC4CCCC4)C[C@@H]3C(=O)O)c2c1. The largest absolute Gasteiger partial charge is 0.497 e. The molecule has 0 spiro atoms. The van der Waals surface area contributed by atoms with E-state index >= 15 is 0 Å². The number of carbonyl (C=O) groups is 1. The molecule has 2 aromatic rings. The minimum absolute atomic E-state index is 0.104. The van der Waals surface area contributed by atoms with Crippen molar-refractivity contribution < 1.29 is 19.7 Å². The highest BCUT2D eigenvalue weighted by atomic mass is 16.5. The molecule has 2 fully saturated rings. The second kappa shape index (κ2) is 10.6. The van der Waals surface area contributed by atoms with Crippen LogP contribution in [0.25, 0.3) is 10.9 Å². The number of ether oxygens (including phenoxy) is 1. The third kappa shape index (κ3) is 5.41. The van der Waals surface area contributed by atoms with E-state index in [0.717, 1.165) is 47.6 Å². The number of aliphatic hydroxyl groups excluding tert-OH is 1. The predicted molar refractivity (Wildman–Crippen MR) is 125 cm³/mol. The van der Waals surface area contributed by atoms with E-state index in [4.69, 9.17) is 4.74 Å². The Hall–Kier alpha value is -2.18. The molecule has 1 saturated heterocycles. The molecular formula is C26H36N2O4. The third-order valence-electron chi connectivity index (χ3n) is 7.64. The second-order valence-corrected chi connectivity index (χ2v) is 9.61. The van der Waals surface area contributed by atoms with Crippen LogP contribution in [0.5, 0.6) is 5.75 Å². The zero-order valence-electron chi connectivity index (χ0n) is 19.1. The maximum atomic E-state index is 12.0. The number of rotatable bonds is 9. The van der Waals surface area contributed by atoms with Crippen LogP contribution in [0.15, 0.2) is 30.5 Å². The molecule has 1 aliphatic heterocycles. The predicted octanol–water partition coefficient (Wildman–Crippen LogP) is 4.66. The van der Waals surface area contributed by atoms with Crippen LogP contribution in [-0.2, 0) is 4.79 Å². The van der Waals surface area contributed by atoms with E-state index in [-0.39, 0.29) is 11.8 Å². The molecule has 2 heterocycles. The minimum Gasteiger partial charge on any atom is -0.497 e. The summed E-state index contributed by atoms with van der Waals surface area (Å²) in [4.78, 5) is 18.8. The van der Waals surface area contributed by atoms with Crippen molar-refractivity contribution in [3.63, 3.8) is 0 Å². The van der Waals surface area contributed by atoms with Crippen molar-refractivity contribution in [2.75, 3.05) is 26.7 Å². The van der Waals surface area contributed by atoms with E-state index in [0.29, 0.717) is 19.4 Å². The number of benzene rings is 1. The number of nitrogens with zero attached hydrogens (tertiary/aromatic N) is 2. The molecule has 1 aromatic heterocycles. The van der Waals surface area contributed by atoms with Gasteiger partial charge < -0.3 is 19.8 Å². The van der Waals surface area contributed by atoms with E-state index in [2.05, 4.69) is 9.88 Å². The van der Waals surface area contributed by atoms with Crippen LogP contribution in [0.1, 0.15) is 63.0 Å². The van der Waals surface area contributed by atoms with E-state index in [1.807, 2.05) is 24.3 Å². The summed E-state index contributed by atoms with van der Waals surface area (Å²) in [6.07, 6.45) is 9.80. The normalized spacial score (nSPS) is 23.4. The Morgan fingerprint density at radius 3 is 2.78 bits per heavy atom. The van der Waals surface area contributed by atoms with Gasteiger partial charge in [0.1, 0.15) is 5.75 Å². The number of carboxylic acid groups (broad SMARTS) is 1. The Morgan fingerprint density at radius 2 is 2.03 bits per heavy atom. The summed E-state index contributed by atoms with van der Waals surface area (Å²) >= 11 is 0. The van der Waals surface area contributed by atoms with Crippen LogP contribution in [0.4, 0.5) is 0 Å². The number of aromatic nitrogens is 1. The molecule has 174 valence electrons. The van der Waals surface area contributed by atoms with Crippen LogP contribution in [0, 0.1) is 17.8 Å². The first-order chi connectivity index (χ1) is 15.5. The maximum absolute atomic E-state index is 12.0. The number of likely N-dealkylation sites (tertiary alicyclic amines) is 1. The van der Waals surface area contributed by atoms with Gasteiger partial charge in [0.05, 0.1) is 24.6 Å². The Labute approximate surface area is 190 Å². The summed E-state index contributed by atoms with van der Waals surface area (Å²) < 4.78 is 5.34. The van der Waals surface area contributed by atoms with Gasteiger partial charge in [-0.25, -0.2) is 0 Å². The number of fused-ring (bicyclic) bond motifs is 1. The smallest absolute Gasteiger partial charge is 0.308 e. The van der Waals surface area contributed by atoms with Crippen molar-refractivity contribution in [1.29, 1.82) is 0 Å². The number of aliphatic carboxylic acids is 1. The van der Waals surface area contributed by atoms with Gasteiger partial charge in [-0.1, -0.05) is 25.7 Å².